The molecule has 0 radical (unpaired) electrons. The van der Waals surface area contributed by atoms with Crippen molar-refractivity contribution >= 4 is 23.9 Å². The second-order valence-electron chi connectivity index (χ2n) is 6.28. The van der Waals surface area contributed by atoms with Crippen molar-refractivity contribution < 1.29 is 32.3 Å². The molecule has 7 nitrogen and oxygen atoms in total. The Hall–Kier alpha value is -3.95. The molecule has 1 amide bonds. The molecule has 2 aromatic carbocycles. The number of benzene rings is 2. The first-order chi connectivity index (χ1) is 14.7. The van der Waals surface area contributed by atoms with E-state index in [0.29, 0.717) is 16.5 Å². The third-order valence-corrected chi connectivity index (χ3v) is 4.19. The summed E-state index contributed by atoms with van der Waals surface area (Å²) in [4.78, 5) is 35.0. The third-order valence-electron chi connectivity index (χ3n) is 4.19. The first kappa shape index (κ1) is 21.8. The average Bonchev–Trinajstić information content (AvgIpc) is 3.20. The molecule has 0 aliphatic rings. The van der Waals surface area contributed by atoms with Crippen LogP contribution in [0, 0.1) is 0 Å². The first-order valence-electron chi connectivity index (χ1n) is 9.04. The van der Waals surface area contributed by atoms with Crippen LogP contribution in [0.1, 0.15) is 43.7 Å². The molecule has 0 aliphatic carbocycles. The lowest BCUT2D eigenvalue weighted by Crippen LogP contribution is -2.18. The Labute approximate surface area is 174 Å². The van der Waals surface area contributed by atoms with Crippen LogP contribution >= 0.6 is 0 Å². The lowest BCUT2D eigenvalue weighted by Gasteiger charge is -2.13. The summed E-state index contributed by atoms with van der Waals surface area (Å²) in [6, 6.07) is 11.4. The molecule has 0 spiro atoms. The molecule has 0 aliphatic heterocycles. The van der Waals surface area contributed by atoms with Gasteiger partial charge in [-0.3, -0.25) is 9.59 Å². The van der Waals surface area contributed by atoms with Gasteiger partial charge in [-0.2, -0.15) is 18.3 Å². The van der Waals surface area contributed by atoms with Gasteiger partial charge in [-0.05, 0) is 37.3 Å². The summed E-state index contributed by atoms with van der Waals surface area (Å²) in [6.07, 6.45) is -3.45. The van der Waals surface area contributed by atoms with Crippen molar-refractivity contribution in [2.45, 2.75) is 13.1 Å². The molecule has 0 fully saturated rings. The van der Waals surface area contributed by atoms with E-state index in [4.69, 9.17) is 0 Å². The lowest BCUT2D eigenvalue weighted by atomic mass is 10.1. The van der Waals surface area contributed by atoms with Gasteiger partial charge >= 0.3 is 12.1 Å². The normalized spacial score (nSPS) is 11.1. The number of halogens is 3. The predicted molar refractivity (Wildman–Crippen MR) is 104 cm³/mol. The van der Waals surface area contributed by atoms with E-state index in [9.17, 15) is 27.6 Å². The molecule has 10 heteroatoms. The minimum Gasteiger partial charge on any atom is -0.462 e. The molecule has 3 aromatic rings. The van der Waals surface area contributed by atoms with E-state index in [1.54, 1.807) is 0 Å². The summed E-state index contributed by atoms with van der Waals surface area (Å²) in [5.74, 6) is -1.65. The number of nitrogens with one attached hydrogen (secondary N) is 1. The van der Waals surface area contributed by atoms with E-state index in [2.05, 4.69) is 15.2 Å². The van der Waals surface area contributed by atoms with Gasteiger partial charge in [-0.25, -0.2) is 9.48 Å². The van der Waals surface area contributed by atoms with Gasteiger partial charge in [0, 0.05) is 16.8 Å². The molecule has 31 heavy (non-hydrogen) atoms. The van der Waals surface area contributed by atoms with Crippen LogP contribution < -0.4 is 5.32 Å². The van der Waals surface area contributed by atoms with Crippen LogP contribution in [0.25, 0.3) is 5.69 Å². The highest BCUT2D eigenvalue weighted by atomic mass is 19.4. The Bertz CT molecular complexity index is 1120. The van der Waals surface area contributed by atoms with E-state index < -0.39 is 29.3 Å². The highest BCUT2D eigenvalue weighted by Gasteiger charge is 2.41. The topological polar surface area (TPSA) is 90.3 Å². The maximum atomic E-state index is 13.7. The van der Waals surface area contributed by atoms with Crippen molar-refractivity contribution in [3.05, 3.63) is 77.1 Å². The molecule has 1 heterocycles. The summed E-state index contributed by atoms with van der Waals surface area (Å²) in [6.45, 7) is 1.39. The molecule has 0 saturated carbocycles. The van der Waals surface area contributed by atoms with Gasteiger partial charge in [0.2, 0.25) is 0 Å². The van der Waals surface area contributed by atoms with Crippen LogP contribution in [0.15, 0.2) is 54.7 Å². The second kappa shape index (κ2) is 8.82. The van der Waals surface area contributed by atoms with Crippen LogP contribution in [-0.2, 0) is 10.9 Å². The number of carbonyl (C=O) groups excluding carboxylic acids is 3. The number of rotatable bonds is 6. The van der Waals surface area contributed by atoms with E-state index in [1.165, 1.54) is 55.5 Å². The molecule has 0 saturated heterocycles. The predicted octanol–water partition coefficient (Wildman–Crippen LogP) is 4.13. The van der Waals surface area contributed by atoms with Gasteiger partial charge in [0.05, 0.1) is 18.5 Å². The number of hydrogen-bond donors (Lipinski definition) is 1. The quantitative estimate of drug-likeness (QED) is 0.468. The van der Waals surface area contributed by atoms with Crippen LogP contribution in [0.3, 0.4) is 0 Å². The Balaban J connectivity index is 1.93. The number of alkyl halides is 3. The van der Waals surface area contributed by atoms with Gasteiger partial charge in [0.15, 0.2) is 5.69 Å². The molecule has 1 aromatic heterocycles. The van der Waals surface area contributed by atoms with E-state index >= 15 is 0 Å². The zero-order valence-electron chi connectivity index (χ0n) is 16.1. The number of nitrogens with zero attached hydrogens (tertiary/aromatic N) is 2. The van der Waals surface area contributed by atoms with Gasteiger partial charge in [-0.15, -0.1) is 0 Å². The summed E-state index contributed by atoms with van der Waals surface area (Å²) < 4.78 is 46.2. The SMILES string of the molecule is CCOC(=O)c1cnn(-c2cccc(NC(=O)c3ccc(C=O)cc3)c2)c1C(F)(F)F. The first-order valence-corrected chi connectivity index (χ1v) is 9.04. The highest BCUT2D eigenvalue weighted by molar-refractivity contribution is 6.04. The maximum absolute atomic E-state index is 13.7. The van der Waals surface area contributed by atoms with Crippen LogP contribution in [0.2, 0.25) is 0 Å². The molecule has 0 atom stereocenters. The fourth-order valence-corrected chi connectivity index (χ4v) is 2.81. The van der Waals surface area contributed by atoms with E-state index in [-0.39, 0.29) is 23.5 Å². The largest absolute Gasteiger partial charge is 0.462 e. The summed E-state index contributed by atoms with van der Waals surface area (Å²) in [5, 5.41) is 6.28. The number of esters is 1. The molecule has 1 N–H and O–H groups in total. The van der Waals surface area contributed by atoms with Crippen LogP contribution in [-0.4, -0.2) is 34.6 Å². The summed E-state index contributed by atoms with van der Waals surface area (Å²) >= 11 is 0. The zero-order chi connectivity index (χ0) is 22.6. The third kappa shape index (κ3) is 4.80. The summed E-state index contributed by atoms with van der Waals surface area (Å²) in [5.41, 5.74) is -1.14. The molecule has 0 unspecified atom stereocenters. The van der Waals surface area contributed by atoms with Crippen molar-refractivity contribution in [3.8, 4) is 5.69 Å². The minimum atomic E-state index is -4.88. The van der Waals surface area contributed by atoms with Gasteiger partial charge in [-0.1, -0.05) is 18.2 Å². The molecule has 0 bridgehead atoms. The van der Waals surface area contributed by atoms with Crippen LogP contribution in [0.4, 0.5) is 18.9 Å². The molecule has 160 valence electrons. The minimum absolute atomic E-state index is 0.0167. The standard InChI is InChI=1S/C21H16F3N3O4/c1-2-31-20(30)17-11-25-27(18(17)21(22,23)24)16-5-3-4-15(10-16)26-19(29)14-8-6-13(12-28)7-9-14/h3-12H,2H2,1H3,(H,26,29). The number of aldehydes is 1. The van der Waals surface area contributed by atoms with E-state index in [0.717, 1.165) is 6.20 Å². The van der Waals surface area contributed by atoms with Gasteiger partial charge < -0.3 is 10.1 Å². The Morgan fingerprint density at radius 3 is 2.48 bits per heavy atom. The van der Waals surface area contributed by atoms with Crippen molar-refractivity contribution in [1.82, 2.24) is 9.78 Å². The molecule has 3 rings (SSSR count). The number of hydrogen-bond acceptors (Lipinski definition) is 5. The Kier molecular flexibility index (Phi) is 6.19. The lowest BCUT2D eigenvalue weighted by molar-refractivity contribution is -0.143. The summed E-state index contributed by atoms with van der Waals surface area (Å²) in [7, 11) is 0. The molecular weight excluding hydrogens is 415 g/mol. The maximum Gasteiger partial charge on any atom is 0.434 e. The smallest absolute Gasteiger partial charge is 0.434 e. The number of aromatic nitrogens is 2. The fraction of sp³-hybridized carbons (Fsp3) is 0.143. The highest BCUT2D eigenvalue weighted by Crippen LogP contribution is 2.34. The zero-order valence-corrected chi connectivity index (χ0v) is 16.1. The Morgan fingerprint density at radius 2 is 1.87 bits per heavy atom. The number of ether oxygens (including phenoxy) is 1. The van der Waals surface area contributed by atoms with E-state index in [1.807, 2.05) is 0 Å². The Morgan fingerprint density at radius 1 is 1.16 bits per heavy atom. The average molecular weight is 431 g/mol. The van der Waals surface area contributed by atoms with Crippen molar-refractivity contribution in [3.63, 3.8) is 0 Å². The van der Waals surface area contributed by atoms with Gasteiger partial charge in [0.25, 0.3) is 5.91 Å². The number of amides is 1. The van der Waals surface area contributed by atoms with Gasteiger partial charge in [0.1, 0.15) is 11.8 Å². The molecular formula is C21H16F3N3O4. The number of anilines is 1. The number of carbonyl (C=O) groups is 3. The second-order valence-corrected chi connectivity index (χ2v) is 6.28. The van der Waals surface area contributed by atoms with Crippen LogP contribution in [0.5, 0.6) is 0 Å². The van der Waals surface area contributed by atoms with Crippen molar-refractivity contribution in [2.24, 2.45) is 0 Å². The fourth-order valence-electron chi connectivity index (χ4n) is 2.81. The van der Waals surface area contributed by atoms with Crippen molar-refractivity contribution in [2.75, 3.05) is 11.9 Å². The monoisotopic (exact) mass is 431 g/mol. The van der Waals surface area contributed by atoms with Crippen molar-refractivity contribution in [1.29, 1.82) is 0 Å².